The number of hydrogen-bond donors (Lipinski definition) is 3. The molecule has 0 bridgehead atoms. The third-order valence-corrected chi connectivity index (χ3v) is 8.41. The van der Waals surface area contributed by atoms with Gasteiger partial charge in [-0.1, -0.05) is 73.1 Å². The molecule has 6 unspecified atom stereocenters. The van der Waals surface area contributed by atoms with E-state index in [1.807, 2.05) is 61.5 Å². The molecule has 5 heteroatoms. The highest BCUT2D eigenvalue weighted by Crippen LogP contribution is 2.67. The van der Waals surface area contributed by atoms with Gasteiger partial charge in [-0.3, -0.25) is 9.59 Å². The van der Waals surface area contributed by atoms with Gasteiger partial charge in [-0.25, -0.2) is 0 Å². The maximum absolute atomic E-state index is 11.9. The Balaban J connectivity index is 0.00000168. The Morgan fingerprint density at radius 2 is 1.68 bits per heavy atom. The summed E-state index contributed by atoms with van der Waals surface area (Å²) in [5.74, 6) is -0.264. The number of aliphatic hydroxyl groups excluding tert-OH is 1. The molecule has 0 aromatic carbocycles. The van der Waals surface area contributed by atoms with E-state index in [4.69, 9.17) is 5.73 Å². The number of Topliss-reactive ketones (excluding diaryl/α,β-unsaturated/α-hetero) is 1. The smallest absolute Gasteiger partial charge is 0.142 e. The topological polar surface area (TPSA) is 101 Å². The van der Waals surface area contributed by atoms with Gasteiger partial charge in [0.1, 0.15) is 12.1 Å². The van der Waals surface area contributed by atoms with E-state index in [-0.39, 0.29) is 24.0 Å². The average molecular weight is 480 g/mol. The molecule has 0 saturated heterocycles. The predicted molar refractivity (Wildman–Crippen MR) is 142 cm³/mol. The van der Waals surface area contributed by atoms with Crippen LogP contribution in [-0.4, -0.2) is 39.5 Å². The molecule has 198 valence electrons. The van der Waals surface area contributed by atoms with Crippen LogP contribution in [0, 0.1) is 22.7 Å². The molecule has 0 aromatic heterocycles. The van der Waals surface area contributed by atoms with Crippen LogP contribution in [0.1, 0.15) is 108 Å². The van der Waals surface area contributed by atoms with E-state index in [0.29, 0.717) is 25.7 Å². The monoisotopic (exact) mass is 479 g/mol. The Kier molecular flexibility index (Phi) is 12.6. The van der Waals surface area contributed by atoms with Crippen LogP contribution in [0.4, 0.5) is 0 Å². The van der Waals surface area contributed by atoms with Crippen molar-refractivity contribution >= 4 is 12.1 Å². The van der Waals surface area contributed by atoms with Crippen LogP contribution in [0.2, 0.25) is 0 Å². The van der Waals surface area contributed by atoms with Crippen molar-refractivity contribution in [1.82, 2.24) is 0 Å². The Morgan fingerprint density at radius 1 is 1.12 bits per heavy atom. The molecule has 0 aliphatic heterocycles. The zero-order valence-electron chi connectivity index (χ0n) is 23.6. The standard InChI is InChI=1S/C23H35NO4.3C2H6/c1-5-9-20(3)16(8-12-25)6-11-23(24)18-7-10-22(28,13-15(2)26)21(18,4)14-17(27)19(20)23;3*1-2/h5,8-9,12,17-19,27-28H,6-7,10-11,13-14,24H2,1-4H3;3*1-2H3/b9-5-,16-8-;;;/t17?,18?,19?,20?,21?,22-,23?;;;/m0.../s1. The van der Waals surface area contributed by atoms with Crippen LogP contribution in [0.25, 0.3) is 0 Å². The second kappa shape index (κ2) is 13.1. The highest BCUT2D eigenvalue weighted by molar-refractivity contribution is 5.77. The van der Waals surface area contributed by atoms with Crippen molar-refractivity contribution in [2.45, 2.75) is 125 Å². The molecule has 0 amide bonds. The molecule has 34 heavy (non-hydrogen) atoms. The first-order chi connectivity index (χ1) is 16.0. The number of ketones is 1. The Hall–Kier alpha value is -1.30. The minimum atomic E-state index is -1.13. The number of nitrogens with two attached hydrogens (primary N) is 1. The second-order valence-electron chi connectivity index (χ2n) is 9.89. The number of fused-ring (bicyclic) bond motifs is 3. The molecule has 0 heterocycles. The summed E-state index contributed by atoms with van der Waals surface area (Å²) in [6, 6.07) is 0. The lowest BCUT2D eigenvalue weighted by Crippen LogP contribution is -2.71. The predicted octanol–water partition coefficient (Wildman–Crippen LogP) is 5.77. The number of hydrogen-bond acceptors (Lipinski definition) is 5. The molecular formula is C29H53NO4. The lowest BCUT2D eigenvalue weighted by atomic mass is 9.43. The number of carbonyl (C=O) groups excluding carboxylic acids is 2. The van der Waals surface area contributed by atoms with E-state index in [1.54, 1.807) is 6.08 Å². The molecule has 4 N–H and O–H groups in total. The molecule has 7 atom stereocenters. The number of rotatable bonds is 4. The van der Waals surface area contributed by atoms with Crippen molar-refractivity contribution in [3.8, 4) is 0 Å². The van der Waals surface area contributed by atoms with Gasteiger partial charge < -0.3 is 15.9 Å². The summed E-state index contributed by atoms with van der Waals surface area (Å²) in [6.45, 7) is 19.5. The van der Waals surface area contributed by atoms with Crippen molar-refractivity contribution in [2.24, 2.45) is 28.4 Å². The summed E-state index contributed by atoms with van der Waals surface area (Å²) < 4.78 is 0. The summed E-state index contributed by atoms with van der Waals surface area (Å²) in [4.78, 5) is 23.1. The molecule has 3 rings (SSSR count). The molecule has 3 aliphatic carbocycles. The van der Waals surface area contributed by atoms with Gasteiger partial charge in [0, 0.05) is 28.7 Å². The zero-order valence-corrected chi connectivity index (χ0v) is 23.6. The lowest BCUT2D eigenvalue weighted by molar-refractivity contribution is -0.176. The molecule has 3 aliphatic rings. The Bertz CT molecular complexity index is 732. The van der Waals surface area contributed by atoms with Crippen molar-refractivity contribution in [1.29, 1.82) is 0 Å². The van der Waals surface area contributed by atoms with Crippen LogP contribution in [0.3, 0.4) is 0 Å². The highest BCUT2D eigenvalue weighted by Gasteiger charge is 2.70. The summed E-state index contributed by atoms with van der Waals surface area (Å²) in [5.41, 5.74) is 5.24. The van der Waals surface area contributed by atoms with Gasteiger partial charge in [0.05, 0.1) is 11.7 Å². The van der Waals surface area contributed by atoms with Gasteiger partial charge in [0.15, 0.2) is 0 Å². The molecule has 0 aromatic rings. The van der Waals surface area contributed by atoms with Gasteiger partial charge in [-0.15, -0.1) is 0 Å². The maximum atomic E-state index is 11.9. The van der Waals surface area contributed by atoms with Gasteiger partial charge in [-0.2, -0.15) is 0 Å². The first kappa shape index (κ1) is 32.7. The minimum Gasteiger partial charge on any atom is -0.393 e. The first-order valence-electron chi connectivity index (χ1n) is 13.5. The Morgan fingerprint density at radius 3 is 2.15 bits per heavy atom. The third kappa shape index (κ3) is 5.42. The summed E-state index contributed by atoms with van der Waals surface area (Å²) in [5, 5.41) is 22.8. The van der Waals surface area contributed by atoms with Crippen molar-refractivity contribution in [2.75, 3.05) is 0 Å². The maximum Gasteiger partial charge on any atom is 0.142 e. The summed E-state index contributed by atoms with van der Waals surface area (Å²) in [7, 11) is 0. The lowest BCUT2D eigenvalue weighted by Gasteiger charge is -2.64. The molecule has 0 radical (unpaired) electrons. The van der Waals surface area contributed by atoms with E-state index in [0.717, 1.165) is 18.3 Å². The van der Waals surface area contributed by atoms with Crippen LogP contribution in [0.15, 0.2) is 23.8 Å². The number of aldehydes is 1. The molecular weight excluding hydrogens is 426 g/mol. The van der Waals surface area contributed by atoms with E-state index in [9.17, 15) is 19.8 Å². The van der Waals surface area contributed by atoms with Gasteiger partial charge in [-0.05, 0) is 57.9 Å². The van der Waals surface area contributed by atoms with Crippen molar-refractivity contribution in [3.05, 3.63) is 23.8 Å². The number of allylic oxidation sites excluding steroid dienone is 4. The quantitative estimate of drug-likeness (QED) is 0.270. The zero-order chi connectivity index (χ0) is 27.0. The van der Waals surface area contributed by atoms with E-state index in [2.05, 4.69) is 13.0 Å². The van der Waals surface area contributed by atoms with E-state index < -0.39 is 28.1 Å². The molecule has 3 fully saturated rings. The largest absolute Gasteiger partial charge is 0.393 e. The van der Waals surface area contributed by atoms with Crippen molar-refractivity contribution < 1.29 is 19.8 Å². The molecule has 5 nitrogen and oxygen atoms in total. The fourth-order valence-electron chi connectivity index (χ4n) is 7.34. The number of aliphatic hydroxyl groups is 2. The Labute approximate surface area is 209 Å². The summed E-state index contributed by atoms with van der Waals surface area (Å²) >= 11 is 0. The first-order valence-corrected chi connectivity index (χ1v) is 13.5. The SMILES string of the molecule is C/C=C\C1(C)/C(=C\C=O)CCC2(N)C1C(O)CC1(C)C2CC[C@]1(O)CC(C)=O.CC.CC.CC. The van der Waals surface area contributed by atoms with E-state index in [1.165, 1.54) is 6.92 Å². The molecule has 3 saturated carbocycles. The minimum absolute atomic E-state index is 0.0140. The summed E-state index contributed by atoms with van der Waals surface area (Å²) in [6.07, 6.45) is 8.91. The second-order valence-corrected chi connectivity index (χ2v) is 9.89. The van der Waals surface area contributed by atoms with Crippen LogP contribution in [0.5, 0.6) is 0 Å². The number of carbonyl (C=O) groups is 2. The highest BCUT2D eigenvalue weighted by atomic mass is 16.3. The van der Waals surface area contributed by atoms with Crippen molar-refractivity contribution in [3.63, 3.8) is 0 Å². The normalized spacial score (nSPS) is 41.6. The van der Waals surface area contributed by atoms with Crippen LogP contribution in [-0.2, 0) is 9.59 Å². The van der Waals surface area contributed by atoms with Gasteiger partial charge in [0.2, 0.25) is 0 Å². The average Bonchev–Trinajstić information content (AvgIpc) is 3.04. The van der Waals surface area contributed by atoms with Gasteiger partial charge in [0.25, 0.3) is 0 Å². The fraction of sp³-hybridized carbons (Fsp3) is 0.793. The third-order valence-electron chi connectivity index (χ3n) is 8.41. The van der Waals surface area contributed by atoms with E-state index >= 15 is 0 Å². The van der Waals surface area contributed by atoms with Crippen LogP contribution < -0.4 is 5.73 Å². The fourth-order valence-corrected chi connectivity index (χ4v) is 7.34. The van der Waals surface area contributed by atoms with Gasteiger partial charge >= 0.3 is 0 Å². The van der Waals surface area contributed by atoms with Crippen LogP contribution >= 0.6 is 0 Å². The molecule has 0 spiro atoms.